The van der Waals surface area contributed by atoms with Gasteiger partial charge in [0, 0.05) is 0 Å². The van der Waals surface area contributed by atoms with Crippen LogP contribution in [0.1, 0.15) is 35.4 Å². The minimum atomic E-state index is -3.72. The molecule has 1 atom stereocenters. The predicted octanol–water partition coefficient (Wildman–Crippen LogP) is 5.51. The second-order valence-electron chi connectivity index (χ2n) is 7.01. The molecule has 0 aliphatic heterocycles. The molecule has 3 rings (SSSR count). The predicted molar refractivity (Wildman–Crippen MR) is 113 cm³/mol. The van der Waals surface area contributed by atoms with E-state index in [1.165, 1.54) is 11.1 Å². The molecule has 0 saturated heterocycles. The van der Waals surface area contributed by atoms with Crippen molar-refractivity contribution in [3.05, 3.63) is 102 Å². The summed E-state index contributed by atoms with van der Waals surface area (Å²) in [4.78, 5) is 0.207. The summed E-state index contributed by atoms with van der Waals surface area (Å²) in [6, 6.07) is 27.3. The van der Waals surface area contributed by atoms with Crippen LogP contribution in [0.4, 0.5) is 0 Å². The highest BCUT2D eigenvalue weighted by Crippen LogP contribution is 2.26. The molecule has 146 valence electrons. The molecule has 0 heterocycles. The van der Waals surface area contributed by atoms with E-state index in [1.54, 1.807) is 24.3 Å². The molecule has 0 N–H and O–H groups in total. The van der Waals surface area contributed by atoms with Gasteiger partial charge in [-0.15, -0.1) is 0 Å². The Hall–Kier alpha value is -2.43. The quantitative estimate of drug-likeness (QED) is 0.450. The monoisotopic (exact) mass is 394 g/mol. The average Bonchev–Trinajstić information content (AvgIpc) is 2.72. The van der Waals surface area contributed by atoms with Gasteiger partial charge in [-0.05, 0) is 55.4 Å². The van der Waals surface area contributed by atoms with Gasteiger partial charge in [0.05, 0.1) is 11.5 Å². The molecule has 0 amide bonds. The Balaban J connectivity index is 1.63. The molecule has 28 heavy (non-hydrogen) atoms. The van der Waals surface area contributed by atoms with Gasteiger partial charge in [0.2, 0.25) is 0 Å². The highest BCUT2D eigenvalue weighted by atomic mass is 32.2. The van der Waals surface area contributed by atoms with E-state index in [9.17, 15) is 8.42 Å². The van der Waals surface area contributed by atoms with Crippen LogP contribution in [-0.2, 0) is 20.7 Å². The number of hydrogen-bond donors (Lipinski definition) is 0. The van der Waals surface area contributed by atoms with Crippen LogP contribution < -0.4 is 0 Å². The van der Waals surface area contributed by atoms with Crippen molar-refractivity contribution in [1.82, 2.24) is 0 Å². The van der Waals surface area contributed by atoms with E-state index in [1.807, 2.05) is 43.3 Å². The van der Waals surface area contributed by atoms with Crippen LogP contribution in [0.25, 0.3) is 0 Å². The molecule has 1 unspecified atom stereocenters. The Bertz CT molecular complexity index is 950. The molecule has 3 aromatic rings. The summed E-state index contributed by atoms with van der Waals surface area (Å²) in [5.41, 5.74) is 3.52. The third kappa shape index (κ3) is 5.78. The van der Waals surface area contributed by atoms with Crippen LogP contribution in [0.15, 0.2) is 89.8 Å². The lowest BCUT2D eigenvalue weighted by molar-refractivity contribution is 0.297. The Kier molecular flexibility index (Phi) is 7.01. The van der Waals surface area contributed by atoms with Crippen LogP contribution in [0.3, 0.4) is 0 Å². The van der Waals surface area contributed by atoms with Gasteiger partial charge in [0.15, 0.2) is 0 Å². The Morgan fingerprint density at radius 3 is 2.04 bits per heavy atom. The summed E-state index contributed by atoms with van der Waals surface area (Å²) in [6.45, 7) is 2.10. The van der Waals surface area contributed by atoms with Gasteiger partial charge in [-0.25, -0.2) is 0 Å². The molecule has 0 aromatic heterocycles. The van der Waals surface area contributed by atoms with Crippen molar-refractivity contribution < 1.29 is 12.6 Å². The van der Waals surface area contributed by atoms with Crippen LogP contribution in [0, 0.1) is 6.92 Å². The standard InChI is InChI=1S/C24H26O3S/c1-20-12-16-24(17-13-20)28(25,26)27-19-18-23(22-10-6-3-7-11-22)15-14-21-8-4-2-5-9-21/h2-13,16-17,23H,14-15,18-19H2,1H3. The Morgan fingerprint density at radius 1 is 0.786 bits per heavy atom. The molecule has 0 saturated carbocycles. The third-order valence-electron chi connectivity index (χ3n) is 4.91. The van der Waals surface area contributed by atoms with Crippen molar-refractivity contribution in [2.24, 2.45) is 0 Å². The minimum Gasteiger partial charge on any atom is -0.266 e. The molecule has 3 nitrogen and oxygen atoms in total. The van der Waals surface area contributed by atoms with Crippen molar-refractivity contribution in [1.29, 1.82) is 0 Å². The van der Waals surface area contributed by atoms with Crippen LogP contribution in [0.2, 0.25) is 0 Å². The summed E-state index contributed by atoms with van der Waals surface area (Å²) in [7, 11) is -3.72. The summed E-state index contributed by atoms with van der Waals surface area (Å²) in [5.74, 6) is 0.245. The van der Waals surface area contributed by atoms with Gasteiger partial charge in [-0.2, -0.15) is 8.42 Å². The fraction of sp³-hybridized carbons (Fsp3) is 0.250. The lowest BCUT2D eigenvalue weighted by atomic mass is 9.90. The SMILES string of the molecule is Cc1ccc(S(=O)(=O)OCCC(CCc2ccccc2)c2ccccc2)cc1. The Labute approximate surface area is 168 Å². The van der Waals surface area contributed by atoms with Crippen LogP contribution in [0.5, 0.6) is 0 Å². The lowest BCUT2D eigenvalue weighted by Crippen LogP contribution is -2.11. The van der Waals surface area contributed by atoms with Gasteiger partial charge < -0.3 is 0 Å². The largest absolute Gasteiger partial charge is 0.296 e. The summed E-state index contributed by atoms with van der Waals surface area (Å²) >= 11 is 0. The second kappa shape index (κ2) is 9.67. The first-order chi connectivity index (χ1) is 13.5. The number of hydrogen-bond acceptors (Lipinski definition) is 3. The van der Waals surface area contributed by atoms with E-state index in [4.69, 9.17) is 4.18 Å². The molecule has 4 heteroatoms. The first-order valence-corrected chi connectivity index (χ1v) is 11.0. The van der Waals surface area contributed by atoms with Gasteiger partial charge in [-0.3, -0.25) is 4.18 Å². The fourth-order valence-corrected chi connectivity index (χ4v) is 4.18. The molecule has 3 aromatic carbocycles. The molecule has 0 fully saturated rings. The molecule has 0 aliphatic carbocycles. The third-order valence-corrected chi connectivity index (χ3v) is 6.24. The normalized spacial score (nSPS) is 12.6. The average molecular weight is 395 g/mol. The highest BCUT2D eigenvalue weighted by molar-refractivity contribution is 7.86. The smallest absolute Gasteiger partial charge is 0.266 e. The minimum absolute atomic E-state index is 0.171. The lowest BCUT2D eigenvalue weighted by Gasteiger charge is -2.17. The van der Waals surface area contributed by atoms with Crippen molar-refractivity contribution in [2.75, 3.05) is 6.61 Å². The number of benzene rings is 3. The summed E-state index contributed by atoms with van der Waals surface area (Å²) in [5, 5.41) is 0. The first kappa shape index (κ1) is 20.3. The van der Waals surface area contributed by atoms with E-state index in [0.29, 0.717) is 6.42 Å². The molecule has 0 bridgehead atoms. The molecule has 0 spiro atoms. The molecule has 0 radical (unpaired) electrons. The van der Waals surface area contributed by atoms with E-state index in [0.717, 1.165) is 18.4 Å². The van der Waals surface area contributed by atoms with Crippen molar-refractivity contribution >= 4 is 10.1 Å². The van der Waals surface area contributed by atoms with Crippen LogP contribution in [-0.4, -0.2) is 15.0 Å². The van der Waals surface area contributed by atoms with E-state index < -0.39 is 10.1 Å². The number of rotatable bonds is 9. The van der Waals surface area contributed by atoms with E-state index in [-0.39, 0.29) is 17.4 Å². The van der Waals surface area contributed by atoms with Gasteiger partial charge in [0.1, 0.15) is 0 Å². The maximum absolute atomic E-state index is 12.4. The molecular weight excluding hydrogens is 368 g/mol. The van der Waals surface area contributed by atoms with Gasteiger partial charge in [0.25, 0.3) is 10.1 Å². The van der Waals surface area contributed by atoms with Crippen molar-refractivity contribution in [3.63, 3.8) is 0 Å². The topological polar surface area (TPSA) is 43.4 Å². The number of aryl methyl sites for hydroxylation is 2. The zero-order valence-electron chi connectivity index (χ0n) is 16.1. The zero-order chi connectivity index (χ0) is 19.8. The maximum atomic E-state index is 12.4. The summed E-state index contributed by atoms with van der Waals surface area (Å²) in [6.07, 6.45) is 2.55. The van der Waals surface area contributed by atoms with Gasteiger partial charge >= 0.3 is 0 Å². The van der Waals surface area contributed by atoms with E-state index in [2.05, 4.69) is 24.3 Å². The van der Waals surface area contributed by atoms with Crippen molar-refractivity contribution in [3.8, 4) is 0 Å². The van der Waals surface area contributed by atoms with Crippen LogP contribution >= 0.6 is 0 Å². The van der Waals surface area contributed by atoms with E-state index >= 15 is 0 Å². The van der Waals surface area contributed by atoms with Gasteiger partial charge in [-0.1, -0.05) is 78.4 Å². The van der Waals surface area contributed by atoms with Crippen molar-refractivity contribution in [2.45, 2.75) is 37.0 Å². The zero-order valence-corrected chi connectivity index (χ0v) is 16.9. The first-order valence-electron chi connectivity index (χ1n) is 9.59. The Morgan fingerprint density at radius 2 is 1.39 bits per heavy atom. The maximum Gasteiger partial charge on any atom is 0.296 e. The second-order valence-corrected chi connectivity index (χ2v) is 8.63. The molecule has 0 aliphatic rings. The molecular formula is C24H26O3S. The summed E-state index contributed by atoms with van der Waals surface area (Å²) < 4.78 is 30.2. The fourth-order valence-electron chi connectivity index (χ4n) is 3.26. The highest BCUT2D eigenvalue weighted by Gasteiger charge is 2.17.